The van der Waals surface area contributed by atoms with Crippen molar-refractivity contribution in [3.05, 3.63) is 41.7 Å². The number of nitrogens with two attached hydrogens (primary N) is 1. The lowest BCUT2D eigenvalue weighted by molar-refractivity contribution is -0.148. The molecule has 0 amide bonds. The van der Waals surface area contributed by atoms with E-state index in [1.54, 1.807) is 12.3 Å². The first-order chi connectivity index (χ1) is 14.9. The van der Waals surface area contributed by atoms with Crippen LogP contribution in [0, 0.1) is 29.0 Å². The third kappa shape index (κ3) is 3.28. The smallest absolute Gasteiger partial charge is 0.308 e. The summed E-state index contributed by atoms with van der Waals surface area (Å²) in [7, 11) is 0. The van der Waals surface area contributed by atoms with Crippen molar-refractivity contribution in [2.24, 2.45) is 17.8 Å². The van der Waals surface area contributed by atoms with Gasteiger partial charge in [-0.05, 0) is 49.7 Å². The van der Waals surface area contributed by atoms with E-state index in [0.29, 0.717) is 16.9 Å². The number of halogens is 1. The number of nitrogens with one attached hydrogen (secondary N) is 3. The average Bonchev–Trinajstić information content (AvgIpc) is 3.24. The molecule has 10 heteroatoms. The molecule has 3 fully saturated rings. The summed E-state index contributed by atoms with van der Waals surface area (Å²) in [5.74, 6) is -0.981. The summed E-state index contributed by atoms with van der Waals surface area (Å²) in [6, 6.07) is 2.68. The molecule has 0 spiro atoms. The SMILES string of the molecule is N=C(c1nc(N[C@H]2C3CCC(CC3)[C@@H]2C(=O)O)c2cc[nH]c2n1)c1cc(F)cnc1N. The number of hydrogen-bond acceptors (Lipinski definition) is 7. The van der Waals surface area contributed by atoms with Crippen molar-refractivity contribution in [1.82, 2.24) is 19.9 Å². The van der Waals surface area contributed by atoms with Gasteiger partial charge >= 0.3 is 5.97 Å². The van der Waals surface area contributed by atoms with Gasteiger partial charge in [0.1, 0.15) is 28.8 Å². The maximum absolute atomic E-state index is 13.7. The van der Waals surface area contributed by atoms with E-state index >= 15 is 0 Å². The van der Waals surface area contributed by atoms with Gasteiger partial charge in [-0.3, -0.25) is 10.2 Å². The molecular weight excluding hydrogens is 401 g/mol. The minimum atomic E-state index is -0.794. The fourth-order valence-corrected chi connectivity index (χ4v) is 5.10. The van der Waals surface area contributed by atoms with Crippen molar-refractivity contribution in [3.63, 3.8) is 0 Å². The Morgan fingerprint density at radius 1 is 1.26 bits per heavy atom. The van der Waals surface area contributed by atoms with Gasteiger partial charge in [-0.25, -0.2) is 19.3 Å². The molecule has 2 bridgehead atoms. The third-order valence-electron chi connectivity index (χ3n) is 6.60. The van der Waals surface area contributed by atoms with Crippen LogP contribution < -0.4 is 11.1 Å². The number of carbonyl (C=O) groups is 1. The minimum absolute atomic E-state index is 0.00613. The summed E-state index contributed by atoms with van der Waals surface area (Å²) < 4.78 is 13.7. The highest BCUT2D eigenvalue weighted by molar-refractivity contribution is 6.12. The van der Waals surface area contributed by atoms with E-state index in [1.165, 1.54) is 0 Å². The Morgan fingerprint density at radius 2 is 2.00 bits per heavy atom. The molecule has 0 radical (unpaired) electrons. The van der Waals surface area contributed by atoms with Crippen LogP contribution in [0.4, 0.5) is 16.0 Å². The van der Waals surface area contributed by atoms with Gasteiger partial charge in [-0.15, -0.1) is 0 Å². The zero-order valence-corrected chi connectivity index (χ0v) is 16.6. The molecule has 3 heterocycles. The number of rotatable bonds is 5. The summed E-state index contributed by atoms with van der Waals surface area (Å²) in [5, 5.41) is 22.4. The molecule has 9 nitrogen and oxygen atoms in total. The summed E-state index contributed by atoms with van der Waals surface area (Å²) in [5.41, 5.74) is 6.26. The van der Waals surface area contributed by atoms with E-state index in [0.717, 1.165) is 37.9 Å². The molecule has 3 aliphatic carbocycles. The Hall–Kier alpha value is -3.56. The lowest BCUT2D eigenvalue weighted by Gasteiger charge is -2.47. The number of H-pyrrole nitrogens is 1. The molecule has 3 aromatic rings. The number of aromatic nitrogens is 4. The molecule has 0 aliphatic heterocycles. The number of aromatic amines is 1. The second kappa shape index (κ2) is 7.29. The highest BCUT2D eigenvalue weighted by Crippen LogP contribution is 2.46. The number of anilines is 2. The number of hydrogen-bond donors (Lipinski definition) is 5. The van der Waals surface area contributed by atoms with Crippen LogP contribution in [0.1, 0.15) is 37.1 Å². The van der Waals surface area contributed by atoms with E-state index in [-0.39, 0.29) is 40.8 Å². The summed E-state index contributed by atoms with van der Waals surface area (Å²) >= 11 is 0. The Balaban J connectivity index is 1.55. The summed E-state index contributed by atoms with van der Waals surface area (Å²) in [4.78, 5) is 27.7. The fraction of sp³-hybridized carbons (Fsp3) is 0.381. The van der Waals surface area contributed by atoms with Crippen LogP contribution >= 0.6 is 0 Å². The highest BCUT2D eigenvalue weighted by atomic mass is 19.1. The standard InChI is InChI=1S/C21H22FN7O2/c22-11-7-13(17(24)26-8-11)15(23)20-28-18-12(5-6-25-18)19(29-20)27-16-10-3-1-9(2-4-10)14(16)21(30)31/h5-10,14,16,23H,1-4H2,(H2,24,26)(H,30,31)(H2,25,27,28,29)/t9?,10?,14-,16-/m0/s1. The van der Waals surface area contributed by atoms with Crippen LogP contribution in [0.15, 0.2) is 24.5 Å². The molecule has 0 unspecified atom stereocenters. The molecule has 31 heavy (non-hydrogen) atoms. The van der Waals surface area contributed by atoms with Crippen LogP contribution in [0.25, 0.3) is 11.0 Å². The Kier molecular flexibility index (Phi) is 4.57. The Morgan fingerprint density at radius 3 is 2.74 bits per heavy atom. The van der Waals surface area contributed by atoms with Gasteiger partial charge in [0, 0.05) is 17.8 Å². The van der Waals surface area contributed by atoms with Crippen LogP contribution in [0.3, 0.4) is 0 Å². The topological polar surface area (TPSA) is 154 Å². The molecule has 3 aromatic heterocycles. The maximum Gasteiger partial charge on any atom is 0.308 e. The highest BCUT2D eigenvalue weighted by Gasteiger charge is 2.47. The number of fused-ring (bicyclic) bond motifs is 4. The van der Waals surface area contributed by atoms with Gasteiger partial charge in [-0.1, -0.05) is 0 Å². The van der Waals surface area contributed by atoms with Crippen LogP contribution in [-0.4, -0.2) is 42.8 Å². The first-order valence-electron chi connectivity index (χ1n) is 10.3. The monoisotopic (exact) mass is 423 g/mol. The van der Waals surface area contributed by atoms with Crippen molar-refractivity contribution in [2.75, 3.05) is 11.1 Å². The quantitative estimate of drug-likeness (QED) is 0.395. The van der Waals surface area contributed by atoms with Crippen molar-refractivity contribution in [2.45, 2.75) is 31.7 Å². The van der Waals surface area contributed by atoms with Gasteiger partial charge in [-0.2, -0.15) is 0 Å². The predicted molar refractivity (Wildman–Crippen MR) is 112 cm³/mol. The van der Waals surface area contributed by atoms with Gasteiger partial charge in [0.25, 0.3) is 0 Å². The second-order valence-corrected chi connectivity index (χ2v) is 8.31. The Bertz CT molecular complexity index is 1190. The Labute approximate surface area is 176 Å². The van der Waals surface area contributed by atoms with Crippen molar-refractivity contribution >= 4 is 34.4 Å². The van der Waals surface area contributed by atoms with Crippen molar-refractivity contribution in [1.29, 1.82) is 5.41 Å². The number of nitrogens with zero attached hydrogens (tertiary/aromatic N) is 3. The molecule has 3 aliphatic rings. The maximum atomic E-state index is 13.7. The molecule has 0 saturated heterocycles. The molecule has 2 atom stereocenters. The normalized spacial score (nSPS) is 24.9. The van der Waals surface area contributed by atoms with Crippen LogP contribution in [0.5, 0.6) is 0 Å². The zero-order chi connectivity index (χ0) is 21.7. The molecule has 0 aromatic carbocycles. The molecule has 6 N–H and O–H groups in total. The van der Waals surface area contributed by atoms with Crippen molar-refractivity contribution < 1.29 is 14.3 Å². The van der Waals surface area contributed by atoms with Gasteiger partial charge in [0.15, 0.2) is 5.82 Å². The lowest BCUT2D eigenvalue weighted by Crippen LogP contribution is -2.51. The average molecular weight is 423 g/mol. The minimum Gasteiger partial charge on any atom is -0.481 e. The number of nitrogen functional groups attached to an aromatic ring is 1. The first-order valence-corrected chi connectivity index (χ1v) is 10.3. The molecule has 3 saturated carbocycles. The van der Waals surface area contributed by atoms with E-state index in [1.807, 2.05) is 0 Å². The van der Waals surface area contributed by atoms with Gasteiger partial charge in [0.2, 0.25) is 0 Å². The third-order valence-corrected chi connectivity index (χ3v) is 6.60. The van der Waals surface area contributed by atoms with E-state index in [9.17, 15) is 14.3 Å². The number of carboxylic acid groups (broad SMARTS) is 1. The number of pyridine rings is 1. The fourth-order valence-electron chi connectivity index (χ4n) is 5.10. The molecular formula is C21H22FN7O2. The molecule has 6 rings (SSSR count). The summed E-state index contributed by atoms with van der Waals surface area (Å²) in [6.07, 6.45) is 6.54. The summed E-state index contributed by atoms with van der Waals surface area (Å²) in [6.45, 7) is 0. The zero-order valence-electron chi connectivity index (χ0n) is 16.6. The van der Waals surface area contributed by atoms with E-state index in [2.05, 4.69) is 25.3 Å². The van der Waals surface area contributed by atoms with E-state index in [4.69, 9.17) is 11.1 Å². The second-order valence-electron chi connectivity index (χ2n) is 8.31. The number of carboxylic acids is 1. The van der Waals surface area contributed by atoms with Gasteiger partial charge < -0.3 is 21.1 Å². The van der Waals surface area contributed by atoms with E-state index < -0.39 is 17.7 Å². The number of aliphatic carboxylic acids is 1. The largest absolute Gasteiger partial charge is 0.481 e. The predicted octanol–water partition coefficient (Wildman–Crippen LogP) is 2.79. The first kappa shape index (κ1) is 19.4. The van der Waals surface area contributed by atoms with Crippen LogP contribution in [-0.2, 0) is 4.79 Å². The lowest BCUT2D eigenvalue weighted by atomic mass is 9.61. The van der Waals surface area contributed by atoms with Gasteiger partial charge in [0.05, 0.1) is 17.5 Å². The van der Waals surface area contributed by atoms with Crippen LogP contribution in [0.2, 0.25) is 0 Å². The molecule has 160 valence electrons. The van der Waals surface area contributed by atoms with Crippen molar-refractivity contribution in [3.8, 4) is 0 Å².